The maximum atomic E-state index is 3.09. The molecule has 1 rings (SSSR count). The molecule has 1 N–H and O–H groups in total. The van der Waals surface area contributed by atoms with Crippen molar-refractivity contribution in [1.29, 1.82) is 0 Å². The summed E-state index contributed by atoms with van der Waals surface area (Å²) in [5, 5.41) is 0. The van der Waals surface area contributed by atoms with Crippen molar-refractivity contribution in [3.8, 4) is 0 Å². The van der Waals surface area contributed by atoms with Crippen LogP contribution in [0.1, 0.15) is 5.69 Å². The van der Waals surface area contributed by atoms with Gasteiger partial charge in [0.25, 0.3) is 0 Å². The van der Waals surface area contributed by atoms with Gasteiger partial charge >= 0.3 is 0 Å². The van der Waals surface area contributed by atoms with Crippen molar-refractivity contribution in [2.24, 2.45) is 0 Å². The number of aromatic amines is 1. The Hall–Kier alpha value is 0.360. The molecule has 0 aliphatic carbocycles. The van der Waals surface area contributed by atoms with Crippen LogP contribution in [0.2, 0.25) is 0 Å². The molecule has 0 saturated carbocycles. The van der Waals surface area contributed by atoms with E-state index in [4.69, 9.17) is 0 Å². The summed E-state index contributed by atoms with van der Waals surface area (Å²) in [7, 11) is 1.74. The highest BCUT2D eigenvalue weighted by atomic mass is 127. The summed E-state index contributed by atoms with van der Waals surface area (Å²) >= 11 is 2.27. The van der Waals surface area contributed by atoms with E-state index in [0.717, 1.165) is 0 Å². The van der Waals surface area contributed by atoms with E-state index < -0.39 is 0 Å². The van der Waals surface area contributed by atoms with Gasteiger partial charge < -0.3 is 4.98 Å². The maximum absolute atomic E-state index is 3.09. The summed E-state index contributed by atoms with van der Waals surface area (Å²) in [5.41, 5.74) is 1.25. The van der Waals surface area contributed by atoms with E-state index >= 15 is 0 Å². The molecule has 0 spiro atoms. The Labute approximate surface area is 64.8 Å². The average molecular weight is 239 g/mol. The van der Waals surface area contributed by atoms with Crippen LogP contribution < -0.4 is 0 Å². The first-order valence-corrected chi connectivity index (χ1v) is 5.63. The summed E-state index contributed by atoms with van der Waals surface area (Å²) in [5.74, 6) is 0. The second-order valence-corrected chi connectivity index (χ2v) is 3.46. The van der Waals surface area contributed by atoms with E-state index in [1.807, 2.05) is 6.20 Å². The molecule has 0 amide bonds. The normalized spacial score (nSPS) is 9.75. The number of aromatic nitrogens is 1. The monoisotopic (exact) mass is 239 g/mol. The first-order chi connectivity index (χ1) is 3.84. The summed E-state index contributed by atoms with van der Waals surface area (Å²) in [4.78, 5) is 4.42. The second kappa shape index (κ2) is 2.77. The molecular weight excluding hydrogens is 233 g/mol. The Morgan fingerprint density at radius 1 is 1.75 bits per heavy atom. The minimum absolute atomic E-state index is 1.25. The predicted molar refractivity (Wildman–Crippen MR) is 45.4 cm³/mol. The summed E-state index contributed by atoms with van der Waals surface area (Å²) in [6.07, 6.45) is 1.95. The van der Waals surface area contributed by atoms with Crippen molar-refractivity contribution in [3.05, 3.63) is 18.0 Å². The number of H-pyrrole nitrogens is 1. The van der Waals surface area contributed by atoms with E-state index in [1.165, 1.54) is 10.6 Å². The Morgan fingerprint density at radius 3 is 2.75 bits per heavy atom. The molecule has 1 aromatic heterocycles. The molecule has 44 valence electrons. The van der Waals surface area contributed by atoms with Gasteiger partial charge in [0.1, 0.15) is 0 Å². The van der Waals surface area contributed by atoms with Crippen LogP contribution in [0.4, 0.5) is 0 Å². The lowest BCUT2D eigenvalue weighted by atomic mass is 10.5. The molecular formula is C5H6INS. The summed E-state index contributed by atoms with van der Waals surface area (Å²) < 4.78 is 0. The van der Waals surface area contributed by atoms with E-state index in [2.05, 4.69) is 39.2 Å². The van der Waals surface area contributed by atoms with Gasteiger partial charge in [-0.05, 0) is 13.0 Å². The molecule has 0 bridgehead atoms. The largest absolute Gasteiger partial charge is 0.364 e. The van der Waals surface area contributed by atoms with Gasteiger partial charge in [0.2, 0.25) is 0 Å². The van der Waals surface area contributed by atoms with Crippen LogP contribution in [0.15, 0.2) is 17.2 Å². The van der Waals surface area contributed by atoms with E-state index in [0.29, 0.717) is 0 Å². The number of hydrogen-bond acceptors (Lipinski definition) is 1. The van der Waals surface area contributed by atoms with E-state index in [9.17, 15) is 0 Å². The van der Waals surface area contributed by atoms with Crippen LogP contribution in [0.3, 0.4) is 0 Å². The van der Waals surface area contributed by atoms with Crippen LogP contribution in [0, 0.1) is 6.92 Å². The molecule has 3 heteroatoms. The zero-order valence-electron chi connectivity index (χ0n) is 4.44. The molecule has 0 aliphatic heterocycles. The molecule has 8 heavy (non-hydrogen) atoms. The predicted octanol–water partition coefficient (Wildman–Crippen LogP) is 2.77. The van der Waals surface area contributed by atoms with Gasteiger partial charge in [0, 0.05) is 38.0 Å². The highest BCUT2D eigenvalue weighted by Gasteiger charge is 1.93. The SMILES string of the molecule is Cc1[nH]ccc1SI. The standard InChI is InChI=1S/C5H6INS/c1-4-5(8-6)2-3-7-4/h2-3,7H,1H3. The fourth-order valence-electron chi connectivity index (χ4n) is 0.522. The van der Waals surface area contributed by atoms with Crippen molar-refractivity contribution in [2.75, 3.05) is 0 Å². The Balaban J connectivity index is 2.92. The molecule has 1 nitrogen and oxygen atoms in total. The first kappa shape index (κ1) is 6.48. The maximum Gasteiger partial charge on any atom is 0.0383 e. The van der Waals surface area contributed by atoms with Crippen LogP contribution in [0.5, 0.6) is 0 Å². The molecule has 1 heterocycles. The molecule has 0 unspecified atom stereocenters. The first-order valence-electron chi connectivity index (χ1n) is 2.27. The van der Waals surface area contributed by atoms with Gasteiger partial charge in [0.05, 0.1) is 0 Å². The number of aryl methyl sites for hydroxylation is 1. The topological polar surface area (TPSA) is 15.8 Å². The molecule has 0 radical (unpaired) electrons. The van der Waals surface area contributed by atoms with E-state index in [1.54, 1.807) is 8.93 Å². The Kier molecular flexibility index (Phi) is 2.25. The third-order valence-corrected chi connectivity index (χ3v) is 3.02. The molecule has 0 fully saturated rings. The summed E-state index contributed by atoms with van der Waals surface area (Å²) in [6, 6.07) is 2.08. The van der Waals surface area contributed by atoms with Crippen LogP contribution in [-0.4, -0.2) is 4.98 Å². The van der Waals surface area contributed by atoms with Gasteiger partial charge in [0.15, 0.2) is 0 Å². The number of rotatable bonds is 1. The molecule has 0 saturated heterocycles. The van der Waals surface area contributed by atoms with Crippen molar-refractivity contribution < 1.29 is 0 Å². The molecule has 0 atom stereocenters. The van der Waals surface area contributed by atoms with Crippen molar-refractivity contribution in [2.45, 2.75) is 11.8 Å². The fourth-order valence-corrected chi connectivity index (χ4v) is 2.25. The van der Waals surface area contributed by atoms with Crippen LogP contribution >= 0.6 is 30.1 Å². The average Bonchev–Trinajstić information content (AvgIpc) is 2.14. The van der Waals surface area contributed by atoms with Crippen molar-refractivity contribution in [1.82, 2.24) is 4.98 Å². The smallest absolute Gasteiger partial charge is 0.0383 e. The van der Waals surface area contributed by atoms with Crippen molar-refractivity contribution >= 4 is 30.1 Å². The number of nitrogens with one attached hydrogen (secondary N) is 1. The van der Waals surface area contributed by atoms with Gasteiger partial charge in [-0.1, -0.05) is 8.93 Å². The number of halogens is 1. The van der Waals surface area contributed by atoms with E-state index in [-0.39, 0.29) is 0 Å². The van der Waals surface area contributed by atoms with Gasteiger partial charge in [-0.3, -0.25) is 0 Å². The fraction of sp³-hybridized carbons (Fsp3) is 0.200. The third-order valence-electron chi connectivity index (χ3n) is 0.987. The van der Waals surface area contributed by atoms with Crippen LogP contribution in [0.25, 0.3) is 0 Å². The Morgan fingerprint density at radius 2 is 2.50 bits per heavy atom. The molecule has 0 aromatic carbocycles. The Bertz CT molecular complexity index is 173. The quantitative estimate of drug-likeness (QED) is 0.745. The highest BCUT2D eigenvalue weighted by molar-refractivity contribution is 14.2. The van der Waals surface area contributed by atoms with Crippen molar-refractivity contribution in [3.63, 3.8) is 0 Å². The lowest BCUT2D eigenvalue weighted by Crippen LogP contribution is -1.66. The summed E-state index contributed by atoms with van der Waals surface area (Å²) in [6.45, 7) is 2.07. The third kappa shape index (κ3) is 1.20. The number of hydrogen-bond donors (Lipinski definition) is 1. The molecule has 1 aromatic rings. The minimum Gasteiger partial charge on any atom is -0.364 e. The zero-order valence-corrected chi connectivity index (χ0v) is 7.41. The zero-order chi connectivity index (χ0) is 5.98. The lowest BCUT2D eigenvalue weighted by Gasteiger charge is -1.86. The second-order valence-electron chi connectivity index (χ2n) is 1.54. The lowest BCUT2D eigenvalue weighted by molar-refractivity contribution is 1.21. The molecule has 0 aliphatic rings. The van der Waals surface area contributed by atoms with Gasteiger partial charge in [-0.25, -0.2) is 0 Å². The van der Waals surface area contributed by atoms with Gasteiger partial charge in [-0.2, -0.15) is 0 Å². The minimum atomic E-state index is 1.25. The highest BCUT2D eigenvalue weighted by Crippen LogP contribution is 2.26. The van der Waals surface area contributed by atoms with Gasteiger partial charge in [-0.15, -0.1) is 0 Å². The van der Waals surface area contributed by atoms with Crippen LogP contribution in [-0.2, 0) is 0 Å².